The Bertz CT molecular complexity index is 462. The van der Waals surface area contributed by atoms with Gasteiger partial charge in [0, 0.05) is 6.04 Å². The van der Waals surface area contributed by atoms with Crippen LogP contribution < -0.4 is 10.9 Å². The van der Waals surface area contributed by atoms with Crippen LogP contribution in [0.15, 0.2) is 11.0 Å². The molecule has 2 unspecified atom stereocenters. The standard InChI is InChI=1S/C13H22ClN3O2/c1-4-9(2)7-10(3)16-11-8-15-17(5-6-18)13(19)12(11)14/h8-10,16,18H,4-7H2,1-3H3. The summed E-state index contributed by atoms with van der Waals surface area (Å²) in [5.74, 6) is 0.615. The first-order chi connectivity index (χ1) is 8.99. The molecule has 1 rings (SSSR count). The van der Waals surface area contributed by atoms with E-state index in [1.165, 1.54) is 6.20 Å². The molecule has 2 N–H and O–H groups in total. The fourth-order valence-electron chi connectivity index (χ4n) is 1.91. The van der Waals surface area contributed by atoms with Crippen LogP contribution in [0.4, 0.5) is 5.69 Å². The predicted molar refractivity (Wildman–Crippen MR) is 77.7 cm³/mol. The van der Waals surface area contributed by atoms with E-state index in [4.69, 9.17) is 16.7 Å². The highest BCUT2D eigenvalue weighted by molar-refractivity contribution is 6.32. The summed E-state index contributed by atoms with van der Waals surface area (Å²) >= 11 is 6.03. The van der Waals surface area contributed by atoms with Crippen molar-refractivity contribution in [3.8, 4) is 0 Å². The minimum absolute atomic E-state index is 0.124. The molecule has 19 heavy (non-hydrogen) atoms. The molecular formula is C13H22ClN3O2. The van der Waals surface area contributed by atoms with Crippen molar-refractivity contribution >= 4 is 17.3 Å². The van der Waals surface area contributed by atoms with Crippen LogP contribution >= 0.6 is 11.6 Å². The highest BCUT2D eigenvalue weighted by Gasteiger charge is 2.12. The van der Waals surface area contributed by atoms with Crippen molar-refractivity contribution in [1.82, 2.24) is 9.78 Å². The summed E-state index contributed by atoms with van der Waals surface area (Å²) in [6.07, 6.45) is 3.66. The number of rotatable bonds is 7. The normalized spacial score (nSPS) is 14.2. The highest BCUT2D eigenvalue weighted by atomic mass is 35.5. The van der Waals surface area contributed by atoms with Crippen molar-refractivity contribution in [2.75, 3.05) is 11.9 Å². The summed E-state index contributed by atoms with van der Waals surface area (Å²) < 4.78 is 1.16. The first-order valence-electron chi connectivity index (χ1n) is 6.62. The van der Waals surface area contributed by atoms with Gasteiger partial charge in [-0.05, 0) is 19.3 Å². The number of hydrogen-bond acceptors (Lipinski definition) is 4. The zero-order valence-electron chi connectivity index (χ0n) is 11.7. The zero-order chi connectivity index (χ0) is 14.4. The molecule has 1 aromatic heterocycles. The lowest BCUT2D eigenvalue weighted by atomic mass is 10.0. The van der Waals surface area contributed by atoms with Gasteiger partial charge in [0.05, 0.1) is 25.0 Å². The summed E-state index contributed by atoms with van der Waals surface area (Å²) in [6, 6.07) is 0.224. The van der Waals surface area contributed by atoms with Crippen molar-refractivity contribution in [2.45, 2.75) is 46.2 Å². The number of halogens is 1. The molecule has 1 heterocycles. The average molecular weight is 288 g/mol. The Hall–Kier alpha value is -1.07. The molecule has 5 nitrogen and oxygen atoms in total. The van der Waals surface area contributed by atoms with E-state index in [0.717, 1.165) is 17.5 Å². The monoisotopic (exact) mass is 287 g/mol. The van der Waals surface area contributed by atoms with Crippen LogP contribution in [0.1, 0.15) is 33.6 Å². The number of aliphatic hydroxyl groups is 1. The van der Waals surface area contributed by atoms with Crippen LogP contribution in [-0.2, 0) is 6.54 Å². The van der Waals surface area contributed by atoms with Crippen molar-refractivity contribution in [2.24, 2.45) is 5.92 Å². The summed E-state index contributed by atoms with van der Waals surface area (Å²) in [4.78, 5) is 11.9. The Kier molecular flexibility index (Phi) is 6.31. The third-order valence-corrected chi connectivity index (χ3v) is 3.52. The predicted octanol–water partition coefficient (Wildman–Crippen LogP) is 2.13. The Morgan fingerprint density at radius 1 is 1.53 bits per heavy atom. The second kappa shape index (κ2) is 7.50. The molecule has 0 fully saturated rings. The number of nitrogens with zero attached hydrogens (tertiary/aromatic N) is 2. The molecule has 108 valence electrons. The van der Waals surface area contributed by atoms with Gasteiger partial charge in [0.15, 0.2) is 0 Å². The van der Waals surface area contributed by atoms with Gasteiger partial charge in [0.2, 0.25) is 0 Å². The van der Waals surface area contributed by atoms with E-state index in [-0.39, 0.29) is 29.8 Å². The summed E-state index contributed by atoms with van der Waals surface area (Å²) in [6.45, 7) is 6.42. The molecule has 0 radical (unpaired) electrons. The third kappa shape index (κ3) is 4.51. The maximum atomic E-state index is 11.9. The molecule has 2 atom stereocenters. The third-order valence-electron chi connectivity index (χ3n) is 3.15. The number of nitrogens with one attached hydrogen (secondary N) is 1. The van der Waals surface area contributed by atoms with E-state index in [9.17, 15) is 4.79 Å². The molecule has 0 aliphatic rings. The Balaban J connectivity index is 2.80. The number of aromatic nitrogens is 2. The molecule has 0 saturated carbocycles. The molecular weight excluding hydrogens is 266 g/mol. The van der Waals surface area contributed by atoms with E-state index < -0.39 is 0 Å². The van der Waals surface area contributed by atoms with Gasteiger partial charge in [0.1, 0.15) is 5.02 Å². The van der Waals surface area contributed by atoms with Gasteiger partial charge in [0.25, 0.3) is 5.56 Å². The fraction of sp³-hybridized carbons (Fsp3) is 0.692. The number of aliphatic hydroxyl groups excluding tert-OH is 1. The molecule has 0 aliphatic heterocycles. The molecule has 0 bridgehead atoms. The van der Waals surface area contributed by atoms with Gasteiger partial charge >= 0.3 is 0 Å². The Morgan fingerprint density at radius 3 is 2.79 bits per heavy atom. The minimum atomic E-state index is -0.378. The Labute approximate surface area is 118 Å². The lowest BCUT2D eigenvalue weighted by molar-refractivity contribution is 0.266. The van der Waals surface area contributed by atoms with Gasteiger partial charge in [-0.25, -0.2) is 4.68 Å². The molecule has 1 aromatic rings. The van der Waals surface area contributed by atoms with Gasteiger partial charge in [-0.2, -0.15) is 5.10 Å². The Morgan fingerprint density at radius 2 is 2.21 bits per heavy atom. The van der Waals surface area contributed by atoms with Crippen molar-refractivity contribution < 1.29 is 5.11 Å². The smallest absolute Gasteiger partial charge is 0.287 e. The van der Waals surface area contributed by atoms with E-state index in [2.05, 4.69) is 31.2 Å². The molecule has 0 amide bonds. The maximum Gasteiger partial charge on any atom is 0.287 e. The first-order valence-corrected chi connectivity index (χ1v) is 7.00. The van der Waals surface area contributed by atoms with Crippen LogP contribution in [0.25, 0.3) is 0 Å². The largest absolute Gasteiger partial charge is 0.394 e. The summed E-state index contributed by atoms with van der Waals surface area (Å²) in [5.41, 5.74) is 0.174. The molecule has 6 heteroatoms. The van der Waals surface area contributed by atoms with Gasteiger partial charge in [-0.15, -0.1) is 0 Å². The number of anilines is 1. The van der Waals surface area contributed by atoms with Gasteiger partial charge in [-0.3, -0.25) is 4.79 Å². The van der Waals surface area contributed by atoms with Gasteiger partial charge in [-0.1, -0.05) is 31.9 Å². The van der Waals surface area contributed by atoms with Crippen molar-refractivity contribution in [1.29, 1.82) is 0 Å². The van der Waals surface area contributed by atoms with Crippen LogP contribution in [0, 0.1) is 5.92 Å². The number of hydrogen-bond donors (Lipinski definition) is 2. The van der Waals surface area contributed by atoms with Crippen LogP contribution in [0.5, 0.6) is 0 Å². The second-order valence-corrected chi connectivity index (χ2v) is 5.30. The first kappa shape index (κ1) is 16.0. The molecule has 0 spiro atoms. The van der Waals surface area contributed by atoms with E-state index in [0.29, 0.717) is 11.6 Å². The lowest BCUT2D eigenvalue weighted by Crippen LogP contribution is -2.27. The maximum absolute atomic E-state index is 11.9. The van der Waals surface area contributed by atoms with E-state index in [1.54, 1.807) is 0 Å². The SMILES string of the molecule is CCC(C)CC(C)Nc1cnn(CCO)c(=O)c1Cl. The lowest BCUT2D eigenvalue weighted by Gasteiger charge is -2.19. The summed E-state index contributed by atoms with van der Waals surface area (Å²) in [5, 5.41) is 16.1. The molecule has 0 saturated heterocycles. The topological polar surface area (TPSA) is 67.2 Å². The zero-order valence-corrected chi connectivity index (χ0v) is 12.4. The van der Waals surface area contributed by atoms with Gasteiger partial charge < -0.3 is 10.4 Å². The molecule has 0 aliphatic carbocycles. The van der Waals surface area contributed by atoms with Crippen molar-refractivity contribution in [3.63, 3.8) is 0 Å². The minimum Gasteiger partial charge on any atom is -0.394 e. The highest BCUT2D eigenvalue weighted by Crippen LogP contribution is 2.19. The summed E-state index contributed by atoms with van der Waals surface area (Å²) in [7, 11) is 0. The second-order valence-electron chi connectivity index (χ2n) is 4.92. The fourth-order valence-corrected chi connectivity index (χ4v) is 2.12. The van der Waals surface area contributed by atoms with Crippen molar-refractivity contribution in [3.05, 3.63) is 21.6 Å². The van der Waals surface area contributed by atoms with E-state index >= 15 is 0 Å². The average Bonchev–Trinajstić information content (AvgIpc) is 2.38. The quantitative estimate of drug-likeness (QED) is 0.806. The van der Waals surface area contributed by atoms with Crippen LogP contribution in [-0.4, -0.2) is 27.5 Å². The van der Waals surface area contributed by atoms with Crippen LogP contribution in [0.2, 0.25) is 5.02 Å². The van der Waals surface area contributed by atoms with E-state index in [1.807, 2.05) is 0 Å². The molecule has 0 aromatic carbocycles. The van der Waals surface area contributed by atoms with Crippen LogP contribution in [0.3, 0.4) is 0 Å².